The Morgan fingerprint density at radius 1 is 0.889 bits per heavy atom. The van der Waals surface area contributed by atoms with Crippen LogP contribution in [-0.4, -0.2) is 12.1 Å². The second-order valence-electron chi connectivity index (χ2n) is 6.52. The van der Waals surface area contributed by atoms with Crippen LogP contribution in [0.4, 0.5) is 4.39 Å². The summed E-state index contributed by atoms with van der Waals surface area (Å²) in [4.78, 5) is 4.72. The highest BCUT2D eigenvalue weighted by molar-refractivity contribution is 7.27. The highest BCUT2D eigenvalue weighted by atomic mass is 31.0. The third kappa shape index (κ3) is 3.43. The number of hydrogen-bond donors (Lipinski definition) is 0. The fourth-order valence-corrected chi connectivity index (χ4v) is 3.50. The summed E-state index contributed by atoms with van der Waals surface area (Å²) in [6.07, 6.45) is 0. The minimum absolute atomic E-state index is 0.266. The van der Waals surface area contributed by atoms with Crippen molar-refractivity contribution in [3.8, 4) is 28.1 Å². The van der Waals surface area contributed by atoms with Crippen LogP contribution in [0.5, 0.6) is 5.75 Å². The Balaban J connectivity index is 1.75. The number of pyridine rings is 1. The Hall–Kier alpha value is -2.77. The van der Waals surface area contributed by atoms with Crippen LogP contribution in [0.1, 0.15) is 5.56 Å². The SMILES string of the molecule is COc1ccc(-c2ccc(-c3cc(C)c4cc(P)ccc4n3)cc2F)cc1. The smallest absolute Gasteiger partial charge is 0.131 e. The van der Waals surface area contributed by atoms with Gasteiger partial charge < -0.3 is 4.74 Å². The predicted molar refractivity (Wildman–Crippen MR) is 113 cm³/mol. The summed E-state index contributed by atoms with van der Waals surface area (Å²) in [5.74, 6) is 0.484. The van der Waals surface area contributed by atoms with Crippen molar-refractivity contribution in [2.45, 2.75) is 6.92 Å². The van der Waals surface area contributed by atoms with E-state index < -0.39 is 0 Å². The normalized spacial score (nSPS) is 11.0. The highest BCUT2D eigenvalue weighted by Gasteiger charge is 2.10. The molecule has 0 N–H and O–H groups in total. The zero-order valence-corrected chi connectivity index (χ0v) is 16.3. The number of nitrogens with zero attached hydrogens (tertiary/aromatic N) is 1. The topological polar surface area (TPSA) is 22.1 Å². The van der Waals surface area contributed by atoms with Crippen molar-refractivity contribution >= 4 is 25.4 Å². The molecule has 0 saturated carbocycles. The van der Waals surface area contributed by atoms with Crippen LogP contribution in [0, 0.1) is 12.7 Å². The first kappa shape index (κ1) is 17.6. The molecule has 1 unspecified atom stereocenters. The highest BCUT2D eigenvalue weighted by Crippen LogP contribution is 2.30. The summed E-state index contributed by atoms with van der Waals surface area (Å²) >= 11 is 0. The zero-order chi connectivity index (χ0) is 19.0. The number of methoxy groups -OCH3 is 1. The second-order valence-corrected chi connectivity index (χ2v) is 7.19. The molecule has 0 saturated heterocycles. The summed E-state index contributed by atoms with van der Waals surface area (Å²) < 4.78 is 20.0. The lowest BCUT2D eigenvalue weighted by Crippen LogP contribution is -1.95. The van der Waals surface area contributed by atoms with Gasteiger partial charge in [-0.2, -0.15) is 0 Å². The number of fused-ring (bicyclic) bond motifs is 1. The van der Waals surface area contributed by atoms with Crippen molar-refractivity contribution < 1.29 is 9.13 Å². The molecule has 2 nitrogen and oxygen atoms in total. The van der Waals surface area contributed by atoms with Gasteiger partial charge in [-0.15, -0.1) is 9.24 Å². The molecule has 0 radical (unpaired) electrons. The first-order valence-electron chi connectivity index (χ1n) is 8.66. The van der Waals surface area contributed by atoms with E-state index in [2.05, 4.69) is 22.2 Å². The van der Waals surface area contributed by atoms with Crippen molar-refractivity contribution in [3.63, 3.8) is 0 Å². The van der Waals surface area contributed by atoms with E-state index in [1.54, 1.807) is 19.2 Å². The van der Waals surface area contributed by atoms with Gasteiger partial charge in [-0.05, 0) is 59.8 Å². The lowest BCUT2D eigenvalue weighted by Gasteiger charge is -2.10. The molecule has 0 aliphatic rings. The van der Waals surface area contributed by atoms with Gasteiger partial charge in [0.05, 0.1) is 18.3 Å². The van der Waals surface area contributed by atoms with E-state index in [9.17, 15) is 4.39 Å². The molecule has 4 rings (SSSR count). The van der Waals surface area contributed by atoms with Gasteiger partial charge in [0.15, 0.2) is 0 Å². The molecular formula is C23H19FNOP. The van der Waals surface area contributed by atoms with E-state index >= 15 is 0 Å². The predicted octanol–water partition coefficient (Wildman–Crippen LogP) is 5.53. The summed E-state index contributed by atoms with van der Waals surface area (Å²) in [5, 5.41) is 2.23. The summed E-state index contributed by atoms with van der Waals surface area (Å²) in [6, 6.07) is 20.8. The number of halogens is 1. The van der Waals surface area contributed by atoms with Crippen molar-refractivity contribution in [2.75, 3.05) is 7.11 Å². The molecule has 0 bridgehead atoms. The number of benzene rings is 3. The van der Waals surface area contributed by atoms with Crippen LogP contribution in [0.15, 0.2) is 66.7 Å². The second kappa shape index (κ2) is 7.09. The molecule has 0 amide bonds. The minimum Gasteiger partial charge on any atom is -0.497 e. The molecule has 0 spiro atoms. The number of hydrogen-bond acceptors (Lipinski definition) is 2. The fraction of sp³-hybridized carbons (Fsp3) is 0.0870. The molecular weight excluding hydrogens is 356 g/mol. The summed E-state index contributed by atoms with van der Waals surface area (Å²) in [6.45, 7) is 2.06. The Labute approximate surface area is 160 Å². The molecule has 0 aliphatic heterocycles. The van der Waals surface area contributed by atoms with Gasteiger partial charge in [0.1, 0.15) is 11.6 Å². The number of rotatable bonds is 3. The number of aromatic nitrogens is 1. The largest absolute Gasteiger partial charge is 0.497 e. The van der Waals surface area contributed by atoms with E-state index in [1.807, 2.05) is 48.5 Å². The zero-order valence-electron chi connectivity index (χ0n) is 15.2. The lowest BCUT2D eigenvalue weighted by molar-refractivity contribution is 0.415. The minimum atomic E-state index is -0.266. The number of ether oxygens (including phenoxy) is 1. The van der Waals surface area contributed by atoms with Crippen molar-refractivity contribution in [2.24, 2.45) is 0 Å². The van der Waals surface area contributed by atoms with E-state index in [0.29, 0.717) is 5.56 Å². The molecule has 0 fully saturated rings. The maximum Gasteiger partial charge on any atom is 0.131 e. The molecule has 0 aliphatic carbocycles. The van der Waals surface area contributed by atoms with Crippen LogP contribution in [-0.2, 0) is 0 Å². The lowest BCUT2D eigenvalue weighted by atomic mass is 10.0. The molecule has 1 aromatic heterocycles. The molecule has 4 heteroatoms. The monoisotopic (exact) mass is 375 g/mol. The first-order chi connectivity index (χ1) is 13.0. The van der Waals surface area contributed by atoms with Crippen molar-refractivity contribution in [3.05, 3.63) is 78.1 Å². The van der Waals surface area contributed by atoms with E-state index in [1.165, 1.54) is 0 Å². The average molecular weight is 375 g/mol. The van der Waals surface area contributed by atoms with Gasteiger partial charge in [0.25, 0.3) is 0 Å². The quantitative estimate of drug-likeness (QED) is 0.440. The maximum absolute atomic E-state index is 14.8. The van der Waals surface area contributed by atoms with Crippen molar-refractivity contribution in [1.29, 1.82) is 0 Å². The van der Waals surface area contributed by atoms with Gasteiger partial charge >= 0.3 is 0 Å². The number of aryl methyl sites for hydroxylation is 1. The molecule has 1 atom stereocenters. The Morgan fingerprint density at radius 2 is 1.63 bits per heavy atom. The van der Waals surface area contributed by atoms with E-state index in [4.69, 9.17) is 9.72 Å². The van der Waals surface area contributed by atoms with Gasteiger partial charge in [-0.1, -0.05) is 30.3 Å². The van der Waals surface area contributed by atoms with Gasteiger partial charge in [0, 0.05) is 16.5 Å². The van der Waals surface area contributed by atoms with Crippen LogP contribution < -0.4 is 10.0 Å². The third-order valence-corrected chi connectivity index (χ3v) is 5.06. The van der Waals surface area contributed by atoms with Crippen LogP contribution in [0.3, 0.4) is 0 Å². The molecule has 4 aromatic rings. The summed E-state index contributed by atoms with van der Waals surface area (Å²) in [5.41, 5.74) is 4.96. The van der Waals surface area contributed by atoms with Crippen LogP contribution >= 0.6 is 9.24 Å². The first-order valence-corrected chi connectivity index (χ1v) is 9.24. The summed E-state index contributed by atoms with van der Waals surface area (Å²) in [7, 11) is 4.32. The standard InChI is InChI=1S/C23H19FNOP/c1-14-11-23(25-22-10-8-18(27)13-20(14)22)16-5-9-19(21(24)12-16)15-3-6-17(26-2)7-4-15/h3-13H,27H2,1-2H3. The van der Waals surface area contributed by atoms with Gasteiger partial charge in [0.2, 0.25) is 0 Å². The van der Waals surface area contributed by atoms with Crippen LogP contribution in [0.2, 0.25) is 0 Å². The van der Waals surface area contributed by atoms with E-state index in [-0.39, 0.29) is 5.82 Å². The molecule has 27 heavy (non-hydrogen) atoms. The third-order valence-electron chi connectivity index (χ3n) is 4.71. The molecule has 3 aromatic carbocycles. The van der Waals surface area contributed by atoms with E-state index in [0.717, 1.165) is 44.3 Å². The maximum atomic E-state index is 14.8. The average Bonchev–Trinajstić information content (AvgIpc) is 2.68. The molecule has 1 heterocycles. The van der Waals surface area contributed by atoms with Gasteiger partial charge in [-0.25, -0.2) is 9.37 Å². The Morgan fingerprint density at radius 3 is 2.33 bits per heavy atom. The Bertz CT molecular complexity index is 1140. The fourth-order valence-electron chi connectivity index (χ4n) is 3.24. The van der Waals surface area contributed by atoms with Gasteiger partial charge in [-0.3, -0.25) is 0 Å². The molecule has 134 valence electrons. The Kier molecular flexibility index (Phi) is 4.63. The van der Waals surface area contributed by atoms with Crippen LogP contribution in [0.25, 0.3) is 33.3 Å². The van der Waals surface area contributed by atoms with Crippen molar-refractivity contribution in [1.82, 2.24) is 4.98 Å².